The Balaban J connectivity index is 1.65. The molecule has 0 fully saturated rings. The third kappa shape index (κ3) is 5.83. The van der Waals surface area contributed by atoms with E-state index in [4.69, 9.17) is 18.7 Å². The Kier molecular flexibility index (Phi) is 8.37. The number of sulfone groups is 1. The van der Waals surface area contributed by atoms with Gasteiger partial charge in [-0.3, -0.25) is 4.55 Å². The second kappa shape index (κ2) is 11.8. The first-order chi connectivity index (χ1) is 19.6. The maximum absolute atomic E-state index is 13.9. The number of hydrazine groups is 1. The SMILES string of the molecule is COCc1ccc(-c2ccc3nc(C(c4ccc(F)cc4)(c4nnc(CNNS(=O)O)o4)S(C)(=O)=O)sc3c2)cc1. The van der Waals surface area contributed by atoms with E-state index in [1.807, 2.05) is 36.4 Å². The summed E-state index contributed by atoms with van der Waals surface area (Å²) in [5.41, 5.74) is 6.04. The molecule has 0 saturated heterocycles. The van der Waals surface area contributed by atoms with Crippen molar-refractivity contribution in [3.05, 3.63) is 100 Å². The molecule has 0 radical (unpaired) electrons. The summed E-state index contributed by atoms with van der Waals surface area (Å²) >= 11 is -1.21. The first-order valence-electron chi connectivity index (χ1n) is 12.0. The number of methoxy groups -OCH3 is 1. The molecule has 0 spiro atoms. The summed E-state index contributed by atoms with van der Waals surface area (Å²) in [5, 5.41) is 8.10. The number of rotatable bonds is 11. The van der Waals surface area contributed by atoms with Gasteiger partial charge in [-0.15, -0.1) is 21.5 Å². The monoisotopic (exact) mass is 617 g/mol. The van der Waals surface area contributed by atoms with Gasteiger partial charge in [0.1, 0.15) is 10.8 Å². The number of nitrogens with one attached hydrogen (secondary N) is 2. The van der Waals surface area contributed by atoms with E-state index in [-0.39, 0.29) is 28.9 Å². The molecule has 0 aliphatic heterocycles. The second-order valence-electron chi connectivity index (χ2n) is 9.00. The van der Waals surface area contributed by atoms with E-state index in [9.17, 15) is 17.0 Å². The molecule has 2 atom stereocenters. The Morgan fingerprint density at radius 3 is 2.44 bits per heavy atom. The second-order valence-corrected chi connectivity index (χ2v) is 12.9. The molecule has 214 valence electrons. The van der Waals surface area contributed by atoms with Crippen LogP contribution in [0, 0.1) is 5.82 Å². The van der Waals surface area contributed by atoms with Crippen molar-refractivity contribution >= 4 is 42.7 Å². The van der Waals surface area contributed by atoms with Crippen molar-refractivity contribution in [2.24, 2.45) is 0 Å². The number of aromatic nitrogens is 3. The van der Waals surface area contributed by atoms with Gasteiger partial charge in [0.25, 0.3) is 0 Å². The van der Waals surface area contributed by atoms with Crippen molar-refractivity contribution in [2.75, 3.05) is 13.4 Å². The lowest BCUT2D eigenvalue weighted by molar-refractivity contribution is 0.185. The number of nitrogens with zero attached hydrogens (tertiary/aromatic N) is 3. The van der Waals surface area contributed by atoms with Crippen molar-refractivity contribution in [1.82, 2.24) is 25.4 Å². The number of fused-ring (bicyclic) bond motifs is 1. The van der Waals surface area contributed by atoms with E-state index in [1.165, 1.54) is 12.1 Å². The number of ether oxygens (including phenoxy) is 1. The zero-order valence-electron chi connectivity index (χ0n) is 21.7. The molecule has 0 aliphatic rings. The van der Waals surface area contributed by atoms with E-state index in [2.05, 4.69) is 20.5 Å². The molecule has 3 N–H and O–H groups in total. The molecule has 2 heterocycles. The van der Waals surface area contributed by atoms with Crippen molar-refractivity contribution in [2.45, 2.75) is 17.9 Å². The van der Waals surface area contributed by atoms with Crippen LogP contribution in [0.2, 0.25) is 0 Å². The molecule has 0 bridgehead atoms. The summed E-state index contributed by atoms with van der Waals surface area (Å²) < 4.78 is 70.8. The van der Waals surface area contributed by atoms with Gasteiger partial charge in [0.05, 0.1) is 23.4 Å². The first kappa shape index (κ1) is 29.1. The Labute approximate surface area is 241 Å². The lowest BCUT2D eigenvalue weighted by Crippen LogP contribution is -2.38. The summed E-state index contributed by atoms with van der Waals surface area (Å²) in [4.78, 5) is 6.76. The van der Waals surface area contributed by atoms with Crippen LogP contribution in [0.15, 0.2) is 71.1 Å². The Hall–Kier alpha value is -3.44. The Morgan fingerprint density at radius 2 is 1.78 bits per heavy atom. The van der Waals surface area contributed by atoms with Crippen LogP contribution in [0.3, 0.4) is 0 Å². The fraction of sp³-hybridized carbons (Fsp3) is 0.192. The lowest BCUT2D eigenvalue weighted by Gasteiger charge is -2.26. The van der Waals surface area contributed by atoms with E-state index in [0.717, 1.165) is 46.4 Å². The summed E-state index contributed by atoms with van der Waals surface area (Å²) in [5.74, 6) is -0.921. The fourth-order valence-electron chi connectivity index (χ4n) is 4.41. The third-order valence-electron chi connectivity index (χ3n) is 6.26. The quantitative estimate of drug-likeness (QED) is 0.148. The maximum atomic E-state index is 13.9. The van der Waals surface area contributed by atoms with Gasteiger partial charge in [-0.05, 0) is 46.5 Å². The smallest absolute Gasteiger partial charge is 0.249 e. The Bertz CT molecular complexity index is 1810. The van der Waals surface area contributed by atoms with Gasteiger partial charge >= 0.3 is 0 Å². The summed E-state index contributed by atoms with van der Waals surface area (Å²) in [7, 11) is -2.51. The molecule has 2 aromatic heterocycles. The highest BCUT2D eigenvalue weighted by Gasteiger charge is 2.53. The summed E-state index contributed by atoms with van der Waals surface area (Å²) in [6.07, 6.45) is 1.02. The van der Waals surface area contributed by atoms with Gasteiger partial charge in [0.15, 0.2) is 9.84 Å². The molecule has 11 nitrogen and oxygen atoms in total. The van der Waals surface area contributed by atoms with Crippen LogP contribution in [-0.4, -0.2) is 45.7 Å². The maximum Gasteiger partial charge on any atom is 0.249 e. The molecule has 3 aromatic carbocycles. The Morgan fingerprint density at radius 1 is 1.07 bits per heavy atom. The van der Waals surface area contributed by atoms with Crippen molar-refractivity contribution in [1.29, 1.82) is 0 Å². The molecular formula is C26H24FN5O6S3. The average Bonchev–Trinajstić information content (AvgIpc) is 3.57. The fourth-order valence-corrected chi connectivity index (χ4v) is 7.62. The number of thiazole rings is 1. The predicted molar refractivity (Wildman–Crippen MR) is 152 cm³/mol. The van der Waals surface area contributed by atoms with Gasteiger partial charge in [0, 0.05) is 13.4 Å². The van der Waals surface area contributed by atoms with Gasteiger partial charge < -0.3 is 9.15 Å². The van der Waals surface area contributed by atoms with E-state index in [1.54, 1.807) is 13.2 Å². The molecule has 0 saturated carbocycles. The van der Waals surface area contributed by atoms with E-state index >= 15 is 0 Å². The molecule has 41 heavy (non-hydrogen) atoms. The first-order valence-corrected chi connectivity index (χ1v) is 15.8. The van der Waals surface area contributed by atoms with Gasteiger partial charge in [0.2, 0.25) is 27.8 Å². The van der Waals surface area contributed by atoms with Crippen molar-refractivity contribution < 1.29 is 30.7 Å². The van der Waals surface area contributed by atoms with Crippen molar-refractivity contribution in [3.8, 4) is 11.1 Å². The van der Waals surface area contributed by atoms with Crippen LogP contribution in [-0.2, 0) is 43.7 Å². The van der Waals surface area contributed by atoms with Gasteiger partial charge in [-0.25, -0.2) is 27.4 Å². The van der Waals surface area contributed by atoms with Crippen LogP contribution < -0.4 is 10.3 Å². The number of benzene rings is 3. The van der Waals surface area contributed by atoms with Crippen LogP contribution >= 0.6 is 11.3 Å². The minimum absolute atomic E-state index is 0.0617. The molecule has 2 unspecified atom stereocenters. The third-order valence-corrected chi connectivity index (χ3v) is 9.56. The number of hydrogen-bond acceptors (Lipinski definition) is 10. The largest absolute Gasteiger partial charge is 0.421 e. The molecule has 5 aromatic rings. The standard InChI is InChI=1S/C26H24FN5O6S3/c1-37-15-16-3-5-17(6-4-16)18-7-12-21-22(13-18)39-25(29-21)26(41(2,35)36,19-8-10-20(27)11-9-19)24-31-30-23(38-24)14-28-32-40(33)34/h3-13,28,32H,14-15H2,1-2H3,(H,33,34). The minimum Gasteiger partial charge on any atom is -0.421 e. The van der Waals surface area contributed by atoms with E-state index in [0.29, 0.717) is 16.8 Å². The highest BCUT2D eigenvalue weighted by atomic mass is 32.2. The lowest BCUT2D eigenvalue weighted by atomic mass is 9.98. The molecule has 0 amide bonds. The molecule has 5 rings (SSSR count). The highest BCUT2D eigenvalue weighted by molar-refractivity contribution is 7.92. The molecule has 0 aliphatic carbocycles. The van der Waals surface area contributed by atoms with Gasteiger partial charge in [-0.1, -0.05) is 42.5 Å². The topological polar surface area (TPSA) is 157 Å². The number of hydrogen-bond donors (Lipinski definition) is 3. The zero-order valence-corrected chi connectivity index (χ0v) is 24.1. The molecule has 15 heteroatoms. The van der Waals surface area contributed by atoms with E-state index < -0.39 is 31.7 Å². The predicted octanol–water partition coefficient (Wildman–Crippen LogP) is 3.70. The molecular weight excluding hydrogens is 594 g/mol. The average molecular weight is 618 g/mol. The minimum atomic E-state index is -4.15. The van der Waals surface area contributed by atoms with Crippen LogP contribution in [0.25, 0.3) is 21.3 Å². The summed E-state index contributed by atoms with van der Waals surface area (Å²) in [6.45, 7) is 0.314. The zero-order chi connectivity index (χ0) is 29.2. The van der Waals surface area contributed by atoms with Crippen LogP contribution in [0.4, 0.5) is 4.39 Å². The highest BCUT2D eigenvalue weighted by Crippen LogP contribution is 2.46. The number of halogens is 1. The van der Waals surface area contributed by atoms with Crippen LogP contribution in [0.1, 0.15) is 27.9 Å². The van der Waals surface area contributed by atoms with Crippen molar-refractivity contribution in [3.63, 3.8) is 0 Å². The van der Waals surface area contributed by atoms with Crippen LogP contribution in [0.5, 0.6) is 0 Å². The van der Waals surface area contributed by atoms with Gasteiger partial charge in [-0.2, -0.15) is 4.83 Å². The normalized spacial score (nSPS) is 14.2. The summed E-state index contributed by atoms with van der Waals surface area (Å²) in [6, 6.07) is 18.5.